The van der Waals surface area contributed by atoms with Gasteiger partial charge in [-0.2, -0.15) is 0 Å². The second-order valence-corrected chi connectivity index (χ2v) is 8.67. The van der Waals surface area contributed by atoms with Crippen LogP contribution in [0.1, 0.15) is 5.56 Å². The summed E-state index contributed by atoms with van der Waals surface area (Å²) in [5, 5.41) is 15.0. The molecule has 0 saturated carbocycles. The van der Waals surface area contributed by atoms with Crippen LogP contribution in [0.3, 0.4) is 0 Å². The molecule has 1 N–H and O–H groups in total. The van der Waals surface area contributed by atoms with E-state index in [1.165, 1.54) is 15.8 Å². The Bertz CT molecular complexity index is 1280. The van der Waals surface area contributed by atoms with Crippen LogP contribution in [0, 0.1) is 0 Å². The number of anilines is 2. The van der Waals surface area contributed by atoms with Crippen molar-refractivity contribution in [2.24, 2.45) is 0 Å². The van der Waals surface area contributed by atoms with E-state index in [-0.39, 0.29) is 0 Å². The topological polar surface area (TPSA) is 50.7 Å². The van der Waals surface area contributed by atoms with Gasteiger partial charge >= 0.3 is 0 Å². The smallest absolute Gasteiger partial charge is 0.210 e. The summed E-state index contributed by atoms with van der Waals surface area (Å²) < 4.78 is 0. The van der Waals surface area contributed by atoms with Crippen molar-refractivity contribution in [1.82, 2.24) is 15.2 Å². The van der Waals surface area contributed by atoms with Gasteiger partial charge in [-0.05, 0) is 35.9 Å². The lowest BCUT2D eigenvalue weighted by Gasteiger charge is -2.08. The van der Waals surface area contributed by atoms with Crippen molar-refractivity contribution in [2.45, 2.75) is 10.6 Å². The van der Waals surface area contributed by atoms with Gasteiger partial charge in [0.05, 0.1) is 5.52 Å². The van der Waals surface area contributed by atoms with Crippen LogP contribution >= 0.6 is 23.1 Å². The Kier molecular flexibility index (Phi) is 5.42. The van der Waals surface area contributed by atoms with E-state index in [0.717, 1.165) is 32.7 Å². The van der Waals surface area contributed by atoms with Crippen molar-refractivity contribution in [1.29, 1.82) is 0 Å². The maximum atomic E-state index is 4.47. The molecule has 3 aromatic carbocycles. The van der Waals surface area contributed by atoms with Gasteiger partial charge in [0.1, 0.15) is 0 Å². The summed E-state index contributed by atoms with van der Waals surface area (Å²) >= 11 is 3.38. The molecular formula is C24H18N4S2. The Morgan fingerprint density at radius 1 is 0.800 bits per heavy atom. The van der Waals surface area contributed by atoms with E-state index in [0.29, 0.717) is 0 Å². The number of pyridine rings is 1. The van der Waals surface area contributed by atoms with Gasteiger partial charge in [0.2, 0.25) is 5.13 Å². The van der Waals surface area contributed by atoms with Crippen molar-refractivity contribution in [3.63, 3.8) is 0 Å². The van der Waals surface area contributed by atoms with E-state index >= 15 is 0 Å². The number of nitrogens with one attached hydrogen (secondary N) is 1. The molecular weight excluding hydrogens is 408 g/mol. The summed E-state index contributed by atoms with van der Waals surface area (Å²) in [6.45, 7) is 0. The monoisotopic (exact) mass is 426 g/mol. The van der Waals surface area contributed by atoms with Crippen molar-refractivity contribution in [2.75, 3.05) is 5.32 Å². The molecule has 0 amide bonds. The third-order valence-corrected chi connectivity index (χ3v) is 6.68. The number of para-hydroxylation sites is 2. The number of nitrogens with zero attached hydrogens (tertiary/aromatic N) is 3. The molecule has 5 rings (SSSR count). The average molecular weight is 427 g/mol. The molecule has 4 nitrogen and oxygen atoms in total. The van der Waals surface area contributed by atoms with E-state index in [1.807, 2.05) is 60.4 Å². The zero-order chi connectivity index (χ0) is 20.2. The summed E-state index contributed by atoms with van der Waals surface area (Å²) in [6.07, 6.45) is 1.89. The fourth-order valence-electron chi connectivity index (χ4n) is 3.23. The van der Waals surface area contributed by atoms with Crippen LogP contribution in [0.2, 0.25) is 0 Å². The Labute approximate surface area is 183 Å². The van der Waals surface area contributed by atoms with E-state index in [9.17, 15) is 0 Å². The molecule has 0 unspecified atom stereocenters. The molecule has 0 fully saturated rings. The van der Waals surface area contributed by atoms with Gasteiger partial charge < -0.3 is 5.32 Å². The molecule has 0 atom stereocenters. The van der Waals surface area contributed by atoms with Crippen LogP contribution in [0.5, 0.6) is 0 Å². The van der Waals surface area contributed by atoms with Crippen LogP contribution in [-0.4, -0.2) is 15.2 Å². The van der Waals surface area contributed by atoms with Crippen LogP contribution in [0.25, 0.3) is 21.5 Å². The normalized spacial score (nSPS) is 10.9. The third kappa shape index (κ3) is 4.06. The Balaban J connectivity index is 1.38. The van der Waals surface area contributed by atoms with E-state index in [1.54, 1.807) is 11.3 Å². The zero-order valence-electron chi connectivity index (χ0n) is 16.0. The molecule has 6 heteroatoms. The molecule has 0 aliphatic rings. The summed E-state index contributed by atoms with van der Waals surface area (Å²) in [5.41, 5.74) is 4.43. The summed E-state index contributed by atoms with van der Waals surface area (Å²) in [5.74, 6) is 0.869. The summed E-state index contributed by atoms with van der Waals surface area (Å²) in [4.78, 5) is 5.66. The van der Waals surface area contributed by atoms with Crippen LogP contribution in [-0.2, 0) is 5.75 Å². The van der Waals surface area contributed by atoms with E-state index in [2.05, 4.69) is 63.0 Å². The Morgan fingerprint density at radius 3 is 2.53 bits per heavy atom. The van der Waals surface area contributed by atoms with E-state index < -0.39 is 0 Å². The molecule has 2 aromatic heterocycles. The number of rotatable bonds is 6. The van der Waals surface area contributed by atoms with Gasteiger partial charge in [-0.25, -0.2) is 0 Å². The molecule has 146 valence electrons. The van der Waals surface area contributed by atoms with Gasteiger partial charge in [0, 0.05) is 33.5 Å². The standard InChI is InChI=1S/C24H18N4S2/c1-2-8-18(9-3-1)26-24-28-27-23(30-24)20-11-5-7-13-22(20)29-16-17-14-15-25-21-12-6-4-10-19(17)21/h1-15H,16H2,(H,26,28). The molecule has 2 heterocycles. The highest BCUT2D eigenvalue weighted by atomic mass is 32.2. The van der Waals surface area contributed by atoms with Crippen molar-refractivity contribution in [3.8, 4) is 10.6 Å². The minimum absolute atomic E-state index is 0.788. The zero-order valence-corrected chi connectivity index (χ0v) is 17.7. The van der Waals surface area contributed by atoms with Gasteiger partial charge in [-0.3, -0.25) is 4.98 Å². The van der Waals surface area contributed by atoms with E-state index in [4.69, 9.17) is 0 Å². The first kappa shape index (κ1) is 18.8. The molecule has 5 aromatic rings. The maximum absolute atomic E-state index is 4.47. The minimum atomic E-state index is 0.788. The van der Waals surface area contributed by atoms with Gasteiger partial charge in [-0.1, -0.05) is 65.9 Å². The second kappa shape index (κ2) is 8.65. The molecule has 0 aliphatic carbocycles. The second-order valence-electron chi connectivity index (χ2n) is 6.68. The molecule has 0 spiro atoms. The number of thioether (sulfide) groups is 1. The number of aromatic nitrogens is 3. The number of fused-ring (bicyclic) bond motifs is 1. The lowest BCUT2D eigenvalue weighted by atomic mass is 10.1. The maximum Gasteiger partial charge on any atom is 0.210 e. The van der Waals surface area contributed by atoms with Crippen LogP contribution in [0.15, 0.2) is 96.0 Å². The van der Waals surface area contributed by atoms with Crippen molar-refractivity contribution < 1.29 is 0 Å². The first-order valence-electron chi connectivity index (χ1n) is 9.57. The Morgan fingerprint density at radius 2 is 1.60 bits per heavy atom. The Hall–Kier alpha value is -3.22. The fraction of sp³-hybridized carbons (Fsp3) is 0.0417. The average Bonchev–Trinajstić information content (AvgIpc) is 3.27. The predicted octanol–water partition coefficient (Wildman–Crippen LogP) is 6.79. The largest absolute Gasteiger partial charge is 0.330 e. The minimum Gasteiger partial charge on any atom is -0.330 e. The molecule has 0 aliphatic heterocycles. The highest BCUT2D eigenvalue weighted by Crippen LogP contribution is 2.37. The summed E-state index contributed by atoms with van der Waals surface area (Å²) in [7, 11) is 0. The fourth-order valence-corrected chi connectivity index (χ4v) is 5.16. The first-order chi connectivity index (χ1) is 14.9. The lowest BCUT2D eigenvalue weighted by molar-refractivity contribution is 1.09. The predicted molar refractivity (Wildman–Crippen MR) is 126 cm³/mol. The van der Waals surface area contributed by atoms with Crippen LogP contribution in [0.4, 0.5) is 10.8 Å². The molecule has 30 heavy (non-hydrogen) atoms. The van der Waals surface area contributed by atoms with Crippen molar-refractivity contribution >= 4 is 44.8 Å². The van der Waals surface area contributed by atoms with Gasteiger partial charge in [0.15, 0.2) is 5.01 Å². The summed E-state index contributed by atoms with van der Waals surface area (Å²) in [6, 6.07) is 28.8. The third-order valence-electron chi connectivity index (χ3n) is 4.69. The van der Waals surface area contributed by atoms with Gasteiger partial charge in [-0.15, -0.1) is 22.0 Å². The number of hydrogen-bond acceptors (Lipinski definition) is 6. The van der Waals surface area contributed by atoms with Gasteiger partial charge in [0.25, 0.3) is 0 Å². The SMILES string of the molecule is c1ccc(Nc2nnc(-c3ccccc3SCc3ccnc4ccccc34)s2)cc1. The highest BCUT2D eigenvalue weighted by Gasteiger charge is 2.12. The van der Waals surface area contributed by atoms with Crippen LogP contribution < -0.4 is 5.32 Å². The highest BCUT2D eigenvalue weighted by molar-refractivity contribution is 7.98. The molecule has 0 bridgehead atoms. The number of benzene rings is 3. The first-order valence-corrected chi connectivity index (χ1v) is 11.4. The molecule has 0 saturated heterocycles. The van der Waals surface area contributed by atoms with Crippen molar-refractivity contribution in [3.05, 3.63) is 96.7 Å². The quantitative estimate of drug-likeness (QED) is 0.303. The lowest BCUT2D eigenvalue weighted by Crippen LogP contribution is -1.88. The molecule has 0 radical (unpaired) electrons. The number of hydrogen-bond donors (Lipinski definition) is 1.